The van der Waals surface area contributed by atoms with Crippen LogP contribution in [0.2, 0.25) is 0 Å². The van der Waals surface area contributed by atoms with Crippen LogP contribution in [0.25, 0.3) is 10.2 Å². The summed E-state index contributed by atoms with van der Waals surface area (Å²) >= 11 is 1.51. The molecule has 2 heterocycles. The largest absolute Gasteiger partial charge is 0.393 e. The molecule has 0 unspecified atom stereocenters. The van der Waals surface area contributed by atoms with Gasteiger partial charge in [0.2, 0.25) is 0 Å². The first kappa shape index (κ1) is 17.7. The third kappa shape index (κ3) is 3.55. The van der Waals surface area contributed by atoms with Crippen molar-refractivity contribution in [3.05, 3.63) is 66.0 Å². The molecule has 5 N–H and O–H groups in total. The van der Waals surface area contributed by atoms with E-state index in [-0.39, 0.29) is 11.6 Å². The SMILES string of the molecule is Cc1cccc2sc(Nc3ncnc(NNC(=O)c4ccccc4)c3N)nc12. The van der Waals surface area contributed by atoms with Gasteiger partial charge in [-0.15, -0.1) is 0 Å². The first-order valence-electron chi connectivity index (χ1n) is 8.47. The number of nitrogen functional groups attached to an aromatic ring is 1. The van der Waals surface area contributed by atoms with Gasteiger partial charge in [0.25, 0.3) is 5.91 Å². The van der Waals surface area contributed by atoms with E-state index in [4.69, 9.17) is 5.73 Å². The van der Waals surface area contributed by atoms with Crippen molar-refractivity contribution in [3.63, 3.8) is 0 Å². The van der Waals surface area contributed by atoms with Gasteiger partial charge < -0.3 is 11.1 Å². The van der Waals surface area contributed by atoms with Gasteiger partial charge in [-0.05, 0) is 30.7 Å². The van der Waals surface area contributed by atoms with Crippen molar-refractivity contribution < 1.29 is 4.79 Å². The zero-order valence-electron chi connectivity index (χ0n) is 14.9. The maximum atomic E-state index is 12.2. The van der Waals surface area contributed by atoms with Crippen LogP contribution in [0.4, 0.5) is 22.5 Å². The van der Waals surface area contributed by atoms with Crippen molar-refractivity contribution in [2.75, 3.05) is 16.5 Å². The Bertz CT molecular complexity index is 1140. The van der Waals surface area contributed by atoms with Gasteiger partial charge in [-0.3, -0.25) is 15.6 Å². The minimum absolute atomic E-state index is 0.270. The Morgan fingerprint density at radius 2 is 1.82 bits per heavy atom. The predicted molar refractivity (Wildman–Crippen MR) is 112 cm³/mol. The molecule has 2 aromatic heterocycles. The van der Waals surface area contributed by atoms with Crippen LogP contribution in [0, 0.1) is 6.92 Å². The molecule has 28 heavy (non-hydrogen) atoms. The molecule has 0 saturated carbocycles. The van der Waals surface area contributed by atoms with Crippen molar-refractivity contribution in [3.8, 4) is 0 Å². The molecule has 0 saturated heterocycles. The van der Waals surface area contributed by atoms with E-state index in [1.807, 2.05) is 31.2 Å². The average molecular weight is 391 g/mol. The summed E-state index contributed by atoms with van der Waals surface area (Å²) in [6.45, 7) is 2.02. The predicted octanol–water partition coefficient (Wildman–Crippen LogP) is 3.48. The highest BCUT2D eigenvalue weighted by atomic mass is 32.1. The molecule has 0 aliphatic carbocycles. The topological polar surface area (TPSA) is 118 Å². The molecule has 0 fully saturated rings. The summed E-state index contributed by atoms with van der Waals surface area (Å²) in [7, 11) is 0. The zero-order valence-corrected chi connectivity index (χ0v) is 15.7. The van der Waals surface area contributed by atoms with E-state index in [1.54, 1.807) is 24.3 Å². The molecule has 1 amide bonds. The molecule has 0 aliphatic rings. The van der Waals surface area contributed by atoms with Crippen LogP contribution < -0.4 is 21.9 Å². The Labute approximate surface area is 164 Å². The van der Waals surface area contributed by atoms with E-state index in [2.05, 4.69) is 31.1 Å². The van der Waals surface area contributed by atoms with E-state index in [0.29, 0.717) is 22.3 Å². The fraction of sp³-hybridized carbons (Fsp3) is 0.0526. The quantitative estimate of drug-likeness (QED) is 0.385. The average Bonchev–Trinajstić information content (AvgIpc) is 3.13. The highest BCUT2D eigenvalue weighted by Crippen LogP contribution is 2.32. The molecule has 0 bridgehead atoms. The summed E-state index contributed by atoms with van der Waals surface area (Å²) in [6, 6.07) is 14.9. The third-order valence-electron chi connectivity index (χ3n) is 4.06. The Morgan fingerprint density at radius 1 is 1.04 bits per heavy atom. The molecule has 0 aliphatic heterocycles. The first-order valence-corrected chi connectivity index (χ1v) is 9.28. The number of carbonyl (C=O) groups is 1. The normalized spacial score (nSPS) is 10.6. The lowest BCUT2D eigenvalue weighted by Crippen LogP contribution is -2.30. The summed E-state index contributed by atoms with van der Waals surface area (Å²) in [6.07, 6.45) is 1.36. The molecule has 4 aromatic rings. The van der Waals surface area contributed by atoms with Gasteiger partial charge in [0.15, 0.2) is 16.8 Å². The van der Waals surface area contributed by atoms with Crippen LogP contribution >= 0.6 is 11.3 Å². The molecule has 8 nitrogen and oxygen atoms in total. The molecule has 140 valence electrons. The van der Waals surface area contributed by atoms with Crippen LogP contribution in [0.1, 0.15) is 15.9 Å². The number of nitrogens with two attached hydrogens (primary N) is 1. The van der Waals surface area contributed by atoms with Crippen molar-refractivity contribution in [2.24, 2.45) is 0 Å². The van der Waals surface area contributed by atoms with Crippen LogP contribution in [0.15, 0.2) is 54.9 Å². The molecule has 0 atom stereocenters. The summed E-state index contributed by atoms with van der Waals surface area (Å²) in [5, 5.41) is 3.80. The van der Waals surface area contributed by atoms with E-state index in [0.717, 1.165) is 15.8 Å². The minimum atomic E-state index is -0.297. The van der Waals surface area contributed by atoms with Gasteiger partial charge in [0.05, 0.1) is 10.2 Å². The van der Waals surface area contributed by atoms with Crippen molar-refractivity contribution in [1.82, 2.24) is 20.4 Å². The number of hydrazine groups is 1. The van der Waals surface area contributed by atoms with E-state index < -0.39 is 0 Å². The number of nitrogens with zero attached hydrogens (tertiary/aromatic N) is 3. The second-order valence-corrected chi connectivity index (χ2v) is 7.03. The highest BCUT2D eigenvalue weighted by molar-refractivity contribution is 7.22. The number of hydrogen-bond acceptors (Lipinski definition) is 8. The van der Waals surface area contributed by atoms with E-state index in [9.17, 15) is 4.79 Å². The molecule has 9 heteroatoms. The monoisotopic (exact) mass is 391 g/mol. The molecular weight excluding hydrogens is 374 g/mol. The number of para-hydroxylation sites is 1. The van der Waals surface area contributed by atoms with E-state index in [1.165, 1.54) is 17.7 Å². The number of aryl methyl sites for hydroxylation is 1. The van der Waals surface area contributed by atoms with Crippen LogP contribution in [-0.2, 0) is 0 Å². The number of aromatic nitrogens is 3. The van der Waals surface area contributed by atoms with Crippen LogP contribution in [0.3, 0.4) is 0 Å². The molecule has 2 aromatic carbocycles. The second kappa shape index (κ2) is 7.49. The summed E-state index contributed by atoms with van der Waals surface area (Å²) in [4.78, 5) is 25.0. The standard InChI is InChI=1S/C19H17N7OS/c1-11-6-5-9-13-15(11)23-19(28-13)24-16-14(20)17(22-10-21-16)25-26-18(27)12-7-3-2-4-8-12/h2-10H,20H2,1H3,(H,26,27)(H2,21,22,23,24,25). The lowest BCUT2D eigenvalue weighted by molar-refractivity contribution is 0.0962. The Hall–Kier alpha value is -3.72. The molecule has 0 radical (unpaired) electrons. The Balaban J connectivity index is 1.51. The van der Waals surface area contributed by atoms with Crippen LogP contribution in [0.5, 0.6) is 0 Å². The number of benzene rings is 2. The fourth-order valence-electron chi connectivity index (χ4n) is 2.61. The second-order valence-electron chi connectivity index (χ2n) is 6.00. The summed E-state index contributed by atoms with van der Waals surface area (Å²) < 4.78 is 1.07. The minimum Gasteiger partial charge on any atom is -0.393 e. The molecular formula is C19H17N7OS. The van der Waals surface area contributed by atoms with Crippen molar-refractivity contribution in [2.45, 2.75) is 6.92 Å². The fourth-order valence-corrected chi connectivity index (χ4v) is 3.56. The number of nitrogens with one attached hydrogen (secondary N) is 3. The number of thiazole rings is 1. The number of carbonyl (C=O) groups excluding carboxylic acids is 1. The Morgan fingerprint density at radius 3 is 2.61 bits per heavy atom. The van der Waals surface area contributed by atoms with E-state index >= 15 is 0 Å². The molecule has 0 spiro atoms. The number of fused-ring (bicyclic) bond motifs is 1. The molecule has 4 rings (SSSR count). The van der Waals surface area contributed by atoms with Crippen molar-refractivity contribution >= 4 is 49.9 Å². The highest BCUT2D eigenvalue weighted by Gasteiger charge is 2.12. The summed E-state index contributed by atoms with van der Waals surface area (Å²) in [5.74, 6) is 0.400. The third-order valence-corrected chi connectivity index (χ3v) is 5.00. The van der Waals surface area contributed by atoms with Gasteiger partial charge >= 0.3 is 0 Å². The van der Waals surface area contributed by atoms with Gasteiger partial charge in [-0.25, -0.2) is 15.0 Å². The maximum Gasteiger partial charge on any atom is 0.269 e. The van der Waals surface area contributed by atoms with Crippen molar-refractivity contribution in [1.29, 1.82) is 0 Å². The van der Waals surface area contributed by atoms with Crippen LogP contribution in [-0.4, -0.2) is 20.9 Å². The van der Waals surface area contributed by atoms with Gasteiger partial charge in [-0.2, -0.15) is 0 Å². The zero-order chi connectivity index (χ0) is 19.5. The van der Waals surface area contributed by atoms with Gasteiger partial charge in [0.1, 0.15) is 12.0 Å². The smallest absolute Gasteiger partial charge is 0.269 e. The number of anilines is 4. The number of amides is 1. The summed E-state index contributed by atoms with van der Waals surface area (Å²) in [5.41, 5.74) is 14.3. The van der Waals surface area contributed by atoms with Gasteiger partial charge in [-0.1, -0.05) is 41.7 Å². The van der Waals surface area contributed by atoms with Gasteiger partial charge in [0, 0.05) is 5.56 Å². The maximum absolute atomic E-state index is 12.2. The Kier molecular flexibility index (Phi) is 4.73. The number of rotatable bonds is 5. The first-order chi connectivity index (χ1) is 13.6. The lowest BCUT2D eigenvalue weighted by atomic mass is 10.2. The lowest BCUT2D eigenvalue weighted by Gasteiger charge is -2.12. The number of hydrogen-bond donors (Lipinski definition) is 4.